The van der Waals surface area contributed by atoms with E-state index in [1.807, 2.05) is 6.07 Å². The number of halogens is 1. The van der Waals surface area contributed by atoms with Crippen molar-refractivity contribution in [2.45, 2.75) is 6.54 Å². The number of nitrogens with one attached hydrogen (secondary N) is 1. The van der Waals surface area contributed by atoms with E-state index < -0.39 is 17.2 Å². The molecule has 0 bridgehead atoms. The summed E-state index contributed by atoms with van der Waals surface area (Å²) in [7, 11) is 1.50. The number of hydrogen-bond donors (Lipinski definition) is 1. The first-order valence-electron chi connectivity index (χ1n) is 8.82. The molecule has 150 valence electrons. The number of nitrogens with zero attached hydrogens (tertiary/aromatic N) is 3. The van der Waals surface area contributed by atoms with Crippen LogP contribution in [0.2, 0.25) is 5.02 Å². The number of benzene rings is 2. The number of carbonyl (C=O) groups excluding carboxylic acids is 1. The topological polar surface area (TPSA) is 95.2 Å². The van der Waals surface area contributed by atoms with Gasteiger partial charge in [-0.05, 0) is 29.8 Å². The highest BCUT2D eigenvalue weighted by Gasteiger charge is 2.20. The summed E-state index contributed by atoms with van der Waals surface area (Å²) >= 11 is 5.92. The van der Waals surface area contributed by atoms with Crippen LogP contribution in [-0.2, 0) is 11.3 Å². The maximum atomic E-state index is 13.0. The van der Waals surface area contributed by atoms with E-state index in [4.69, 9.17) is 16.3 Å². The van der Waals surface area contributed by atoms with E-state index in [0.29, 0.717) is 10.7 Å². The standard InChI is InChI=1S/C20H19ClN4O4/c1-29-12-11-22-18(26)17-19(27)24(13-14-5-3-2-4-6-14)20(28)25(23-17)16-9-7-15(21)8-10-16/h2-10H,11-13H2,1H3,(H,22,26). The minimum atomic E-state index is -0.765. The molecule has 3 aromatic rings. The Morgan fingerprint density at radius 2 is 1.79 bits per heavy atom. The second-order valence-electron chi connectivity index (χ2n) is 6.14. The second kappa shape index (κ2) is 9.31. The molecule has 0 spiro atoms. The maximum Gasteiger partial charge on any atom is 0.352 e. The lowest BCUT2D eigenvalue weighted by Gasteiger charge is -2.12. The summed E-state index contributed by atoms with van der Waals surface area (Å²) in [4.78, 5) is 38.4. The Labute approximate surface area is 171 Å². The van der Waals surface area contributed by atoms with Crippen LogP contribution in [0.15, 0.2) is 64.2 Å². The summed E-state index contributed by atoms with van der Waals surface area (Å²) in [5, 5.41) is 7.07. The van der Waals surface area contributed by atoms with Crippen LogP contribution in [0, 0.1) is 0 Å². The van der Waals surface area contributed by atoms with Crippen LogP contribution in [0.3, 0.4) is 0 Å². The van der Waals surface area contributed by atoms with Crippen LogP contribution in [0.1, 0.15) is 16.1 Å². The molecule has 1 amide bonds. The quantitative estimate of drug-likeness (QED) is 0.591. The molecule has 8 nitrogen and oxygen atoms in total. The molecular formula is C20H19ClN4O4. The predicted molar refractivity (Wildman–Crippen MR) is 109 cm³/mol. The zero-order valence-corrected chi connectivity index (χ0v) is 16.4. The van der Waals surface area contributed by atoms with Crippen LogP contribution in [-0.4, -0.2) is 40.5 Å². The van der Waals surface area contributed by atoms with Gasteiger partial charge in [0.2, 0.25) is 5.69 Å². The van der Waals surface area contributed by atoms with Crippen molar-refractivity contribution in [1.29, 1.82) is 0 Å². The van der Waals surface area contributed by atoms with E-state index >= 15 is 0 Å². The number of ether oxygens (including phenoxy) is 1. The lowest BCUT2D eigenvalue weighted by atomic mass is 10.2. The molecule has 9 heteroatoms. The highest BCUT2D eigenvalue weighted by molar-refractivity contribution is 6.30. The third-order valence-corrected chi connectivity index (χ3v) is 4.37. The van der Waals surface area contributed by atoms with Gasteiger partial charge >= 0.3 is 5.69 Å². The van der Waals surface area contributed by atoms with Crippen molar-refractivity contribution < 1.29 is 9.53 Å². The average molecular weight is 415 g/mol. The van der Waals surface area contributed by atoms with E-state index in [1.165, 1.54) is 7.11 Å². The molecule has 0 aliphatic heterocycles. The largest absolute Gasteiger partial charge is 0.383 e. The molecule has 1 N–H and O–H groups in total. The second-order valence-corrected chi connectivity index (χ2v) is 6.58. The van der Waals surface area contributed by atoms with Gasteiger partial charge in [0.15, 0.2) is 0 Å². The Hall–Kier alpha value is -3.23. The van der Waals surface area contributed by atoms with Crippen molar-refractivity contribution in [2.75, 3.05) is 20.3 Å². The Balaban J connectivity index is 2.12. The van der Waals surface area contributed by atoms with Gasteiger partial charge in [0.1, 0.15) is 0 Å². The van der Waals surface area contributed by atoms with E-state index in [2.05, 4.69) is 10.4 Å². The molecule has 2 aromatic carbocycles. The number of aromatic nitrogens is 3. The number of rotatable bonds is 7. The normalized spacial score (nSPS) is 10.7. The molecule has 0 atom stereocenters. The fraction of sp³-hybridized carbons (Fsp3) is 0.200. The SMILES string of the molecule is COCCNC(=O)c1nn(-c2ccc(Cl)cc2)c(=O)n(Cc2ccccc2)c1=O. The van der Waals surface area contributed by atoms with E-state index in [0.717, 1.165) is 14.8 Å². The molecule has 3 rings (SSSR count). The number of carbonyl (C=O) groups is 1. The van der Waals surface area contributed by atoms with E-state index in [1.54, 1.807) is 48.5 Å². The van der Waals surface area contributed by atoms with Gasteiger partial charge in [-0.15, -0.1) is 0 Å². The molecule has 0 saturated heterocycles. The van der Waals surface area contributed by atoms with Crippen molar-refractivity contribution in [3.8, 4) is 5.69 Å². The van der Waals surface area contributed by atoms with Gasteiger partial charge in [0.05, 0.1) is 18.8 Å². The lowest BCUT2D eigenvalue weighted by Crippen LogP contribution is -2.46. The highest BCUT2D eigenvalue weighted by Crippen LogP contribution is 2.11. The third kappa shape index (κ3) is 4.79. The Morgan fingerprint density at radius 3 is 2.45 bits per heavy atom. The molecule has 0 aliphatic carbocycles. The fourth-order valence-electron chi connectivity index (χ4n) is 2.66. The first kappa shape index (κ1) is 20.5. The van der Waals surface area contributed by atoms with Crippen LogP contribution in [0.4, 0.5) is 0 Å². The smallest absolute Gasteiger partial charge is 0.352 e. The Bertz CT molecular complexity index is 1110. The molecule has 1 heterocycles. The summed E-state index contributed by atoms with van der Waals surface area (Å²) in [5.41, 5.74) is -0.682. The predicted octanol–water partition coefficient (Wildman–Crippen LogP) is 1.47. The fourth-order valence-corrected chi connectivity index (χ4v) is 2.79. The summed E-state index contributed by atoms with van der Waals surface area (Å²) in [6, 6.07) is 15.4. The van der Waals surface area contributed by atoms with Crippen LogP contribution in [0.25, 0.3) is 5.69 Å². The minimum Gasteiger partial charge on any atom is -0.383 e. The molecule has 0 saturated carbocycles. The van der Waals surface area contributed by atoms with Crippen molar-refractivity contribution in [1.82, 2.24) is 19.7 Å². The van der Waals surface area contributed by atoms with Crippen molar-refractivity contribution >= 4 is 17.5 Å². The zero-order chi connectivity index (χ0) is 20.8. The van der Waals surface area contributed by atoms with Gasteiger partial charge in [0.25, 0.3) is 11.5 Å². The average Bonchev–Trinajstić information content (AvgIpc) is 2.73. The Kier molecular flexibility index (Phi) is 6.58. The summed E-state index contributed by atoms with van der Waals surface area (Å²) in [5.74, 6) is -0.684. The van der Waals surface area contributed by atoms with Crippen molar-refractivity contribution in [2.24, 2.45) is 0 Å². The maximum absolute atomic E-state index is 13.0. The van der Waals surface area contributed by atoms with E-state index in [9.17, 15) is 14.4 Å². The van der Waals surface area contributed by atoms with Gasteiger partial charge in [-0.2, -0.15) is 9.78 Å². The van der Waals surface area contributed by atoms with Crippen molar-refractivity contribution in [3.63, 3.8) is 0 Å². The molecule has 0 fully saturated rings. The molecular weight excluding hydrogens is 396 g/mol. The van der Waals surface area contributed by atoms with Crippen LogP contribution in [0.5, 0.6) is 0 Å². The molecule has 0 unspecified atom stereocenters. The first-order chi connectivity index (χ1) is 14.0. The Morgan fingerprint density at radius 1 is 1.10 bits per heavy atom. The zero-order valence-electron chi connectivity index (χ0n) is 15.7. The van der Waals surface area contributed by atoms with Crippen LogP contribution < -0.4 is 16.6 Å². The van der Waals surface area contributed by atoms with Gasteiger partial charge in [0, 0.05) is 18.7 Å². The summed E-state index contributed by atoms with van der Waals surface area (Å²) in [6.45, 7) is 0.489. The number of amides is 1. The van der Waals surface area contributed by atoms with Crippen molar-refractivity contribution in [3.05, 3.63) is 91.7 Å². The molecule has 1 aromatic heterocycles. The highest BCUT2D eigenvalue weighted by atomic mass is 35.5. The molecule has 0 aliphatic rings. The third-order valence-electron chi connectivity index (χ3n) is 4.12. The van der Waals surface area contributed by atoms with Gasteiger partial charge < -0.3 is 10.1 Å². The van der Waals surface area contributed by atoms with Crippen LogP contribution >= 0.6 is 11.6 Å². The van der Waals surface area contributed by atoms with Gasteiger partial charge in [-0.1, -0.05) is 41.9 Å². The monoisotopic (exact) mass is 414 g/mol. The number of hydrogen-bond acceptors (Lipinski definition) is 5. The number of methoxy groups -OCH3 is 1. The summed E-state index contributed by atoms with van der Waals surface area (Å²) < 4.78 is 6.91. The molecule has 0 radical (unpaired) electrons. The minimum absolute atomic E-state index is 0.00691. The van der Waals surface area contributed by atoms with Gasteiger partial charge in [-0.25, -0.2) is 4.79 Å². The van der Waals surface area contributed by atoms with E-state index in [-0.39, 0.29) is 25.4 Å². The lowest BCUT2D eigenvalue weighted by molar-refractivity contribution is 0.0927. The first-order valence-corrected chi connectivity index (χ1v) is 9.20. The summed E-state index contributed by atoms with van der Waals surface area (Å²) in [6.07, 6.45) is 0. The van der Waals surface area contributed by atoms with Gasteiger partial charge in [-0.3, -0.25) is 14.2 Å². The molecule has 29 heavy (non-hydrogen) atoms.